The van der Waals surface area contributed by atoms with Gasteiger partial charge in [0.2, 0.25) is 11.8 Å². The van der Waals surface area contributed by atoms with Gasteiger partial charge in [0.1, 0.15) is 17.6 Å². The van der Waals surface area contributed by atoms with Gasteiger partial charge in [0, 0.05) is 24.9 Å². The highest BCUT2D eigenvalue weighted by atomic mass is 19.1. The number of hydrogen-bond donors (Lipinski definition) is 1. The molecule has 0 radical (unpaired) electrons. The number of nitrogens with zero attached hydrogens (tertiary/aromatic N) is 1. The largest absolute Gasteiger partial charge is 0.494 e. The molecule has 0 spiro atoms. The van der Waals surface area contributed by atoms with Crippen molar-refractivity contribution < 1.29 is 18.7 Å². The summed E-state index contributed by atoms with van der Waals surface area (Å²) in [6, 6.07) is 22.8. The van der Waals surface area contributed by atoms with Gasteiger partial charge in [0.25, 0.3) is 0 Å². The van der Waals surface area contributed by atoms with Crippen LogP contribution in [0.3, 0.4) is 0 Å². The SMILES string of the molecule is Cc1ccc(OCCCC(=O)N(Cc2ccc(F)cc2)[C@H](Cc2ccccc2)C(=O)NC(C)(C)C)cc1. The van der Waals surface area contributed by atoms with Crippen LogP contribution in [0.15, 0.2) is 78.9 Å². The summed E-state index contributed by atoms with van der Waals surface area (Å²) in [7, 11) is 0. The summed E-state index contributed by atoms with van der Waals surface area (Å²) in [4.78, 5) is 28.7. The minimum Gasteiger partial charge on any atom is -0.494 e. The lowest BCUT2D eigenvalue weighted by Gasteiger charge is -2.34. The molecule has 3 rings (SSSR count). The molecule has 0 aliphatic heterocycles. The fraction of sp³-hybridized carbons (Fsp3) is 0.355. The first kappa shape index (κ1) is 27.9. The summed E-state index contributed by atoms with van der Waals surface area (Å²) in [5, 5.41) is 3.05. The average Bonchev–Trinajstić information content (AvgIpc) is 2.85. The summed E-state index contributed by atoms with van der Waals surface area (Å²) in [6.07, 6.45) is 1.10. The number of carbonyl (C=O) groups is 2. The number of benzene rings is 3. The number of amides is 2. The van der Waals surface area contributed by atoms with E-state index in [4.69, 9.17) is 4.74 Å². The molecule has 3 aromatic carbocycles. The molecule has 0 aliphatic rings. The Kier molecular flexibility index (Phi) is 9.84. The van der Waals surface area contributed by atoms with E-state index < -0.39 is 11.6 Å². The first-order valence-corrected chi connectivity index (χ1v) is 12.7. The molecule has 0 aliphatic carbocycles. The standard InChI is InChI=1S/C31H37FN2O3/c1-23-12-18-27(19-13-23)37-20-8-11-29(35)34(22-25-14-16-26(32)17-15-25)28(30(36)33-31(2,3)4)21-24-9-6-5-7-10-24/h5-7,9-10,12-19,28H,8,11,20-22H2,1-4H3,(H,33,36)/t28-/m1/s1. The maximum Gasteiger partial charge on any atom is 0.243 e. The lowest BCUT2D eigenvalue weighted by Crippen LogP contribution is -2.54. The number of rotatable bonds is 11. The molecule has 6 heteroatoms. The number of carbonyl (C=O) groups excluding carboxylic acids is 2. The Morgan fingerprint density at radius 3 is 2.19 bits per heavy atom. The molecule has 2 amide bonds. The Morgan fingerprint density at radius 1 is 0.919 bits per heavy atom. The maximum absolute atomic E-state index is 13.6. The van der Waals surface area contributed by atoms with E-state index in [2.05, 4.69) is 5.32 Å². The monoisotopic (exact) mass is 504 g/mol. The van der Waals surface area contributed by atoms with Crippen LogP contribution in [0.4, 0.5) is 4.39 Å². The number of halogens is 1. The van der Waals surface area contributed by atoms with Crippen LogP contribution >= 0.6 is 0 Å². The van der Waals surface area contributed by atoms with Crippen LogP contribution in [0.25, 0.3) is 0 Å². The molecule has 0 saturated carbocycles. The number of nitrogens with one attached hydrogen (secondary N) is 1. The Balaban J connectivity index is 1.80. The van der Waals surface area contributed by atoms with E-state index in [0.717, 1.165) is 22.4 Å². The van der Waals surface area contributed by atoms with Crippen LogP contribution in [-0.4, -0.2) is 34.9 Å². The van der Waals surface area contributed by atoms with E-state index in [-0.39, 0.29) is 30.6 Å². The Hall–Kier alpha value is -3.67. The zero-order chi connectivity index (χ0) is 26.8. The molecule has 1 atom stereocenters. The van der Waals surface area contributed by atoms with Gasteiger partial charge in [-0.2, -0.15) is 0 Å². The predicted octanol–water partition coefficient (Wildman–Crippen LogP) is 5.85. The minimum absolute atomic E-state index is 0.151. The molecule has 0 bridgehead atoms. The van der Waals surface area contributed by atoms with E-state index in [1.807, 2.05) is 82.3 Å². The molecule has 37 heavy (non-hydrogen) atoms. The Bertz CT molecular complexity index is 1140. The van der Waals surface area contributed by atoms with Crippen molar-refractivity contribution in [3.63, 3.8) is 0 Å². The van der Waals surface area contributed by atoms with Gasteiger partial charge in [-0.3, -0.25) is 9.59 Å². The van der Waals surface area contributed by atoms with E-state index in [1.54, 1.807) is 17.0 Å². The lowest BCUT2D eigenvalue weighted by atomic mass is 10.00. The van der Waals surface area contributed by atoms with E-state index >= 15 is 0 Å². The van der Waals surface area contributed by atoms with Gasteiger partial charge in [-0.15, -0.1) is 0 Å². The third-order valence-electron chi connectivity index (χ3n) is 5.86. The fourth-order valence-electron chi connectivity index (χ4n) is 3.98. The summed E-state index contributed by atoms with van der Waals surface area (Å²) < 4.78 is 19.4. The normalized spacial score (nSPS) is 12.0. The second kappa shape index (κ2) is 13.0. The van der Waals surface area contributed by atoms with Crippen LogP contribution < -0.4 is 10.1 Å². The third-order valence-corrected chi connectivity index (χ3v) is 5.86. The molecule has 0 unspecified atom stereocenters. The summed E-state index contributed by atoms with van der Waals surface area (Å²) in [6.45, 7) is 8.35. The summed E-state index contributed by atoms with van der Waals surface area (Å²) in [5.41, 5.74) is 2.40. The van der Waals surface area contributed by atoms with Crippen LogP contribution in [0.1, 0.15) is 50.3 Å². The van der Waals surface area contributed by atoms with Crippen LogP contribution in [0.2, 0.25) is 0 Å². The van der Waals surface area contributed by atoms with Gasteiger partial charge < -0.3 is 15.0 Å². The molecule has 0 fully saturated rings. The lowest BCUT2D eigenvalue weighted by molar-refractivity contribution is -0.142. The van der Waals surface area contributed by atoms with Gasteiger partial charge in [-0.1, -0.05) is 60.2 Å². The summed E-state index contributed by atoms with van der Waals surface area (Å²) in [5.74, 6) is 0.0402. The van der Waals surface area contributed by atoms with Gasteiger partial charge in [0.15, 0.2) is 0 Å². The van der Waals surface area contributed by atoms with Crippen molar-refractivity contribution in [2.75, 3.05) is 6.61 Å². The zero-order valence-electron chi connectivity index (χ0n) is 22.2. The molecule has 5 nitrogen and oxygen atoms in total. The van der Waals surface area contributed by atoms with Crippen molar-refractivity contribution in [1.29, 1.82) is 0 Å². The first-order chi connectivity index (χ1) is 17.6. The fourth-order valence-corrected chi connectivity index (χ4v) is 3.98. The van der Waals surface area contributed by atoms with Crippen LogP contribution in [0.5, 0.6) is 5.75 Å². The molecule has 0 saturated heterocycles. The minimum atomic E-state index is -0.725. The van der Waals surface area contributed by atoms with Crippen molar-refractivity contribution in [2.45, 2.75) is 65.1 Å². The average molecular weight is 505 g/mol. The predicted molar refractivity (Wildman–Crippen MR) is 145 cm³/mol. The van der Waals surface area contributed by atoms with Crippen molar-refractivity contribution in [1.82, 2.24) is 10.2 Å². The van der Waals surface area contributed by atoms with Crippen LogP contribution in [-0.2, 0) is 22.6 Å². The number of ether oxygens (including phenoxy) is 1. The highest BCUT2D eigenvalue weighted by Crippen LogP contribution is 2.18. The van der Waals surface area contributed by atoms with Crippen LogP contribution in [0, 0.1) is 12.7 Å². The van der Waals surface area contributed by atoms with E-state index in [9.17, 15) is 14.0 Å². The van der Waals surface area contributed by atoms with Gasteiger partial charge in [-0.25, -0.2) is 4.39 Å². The molecular weight excluding hydrogens is 467 g/mol. The van der Waals surface area contributed by atoms with Crippen molar-refractivity contribution in [2.24, 2.45) is 0 Å². The third kappa shape index (κ3) is 9.37. The van der Waals surface area contributed by atoms with E-state index in [0.29, 0.717) is 19.4 Å². The molecule has 1 N–H and O–H groups in total. The number of aryl methyl sites for hydroxylation is 1. The molecular formula is C31H37FN2O3. The highest BCUT2D eigenvalue weighted by molar-refractivity contribution is 5.88. The smallest absolute Gasteiger partial charge is 0.243 e. The summed E-state index contributed by atoms with van der Waals surface area (Å²) >= 11 is 0. The Labute approximate surface area is 219 Å². The van der Waals surface area contributed by atoms with Gasteiger partial charge >= 0.3 is 0 Å². The first-order valence-electron chi connectivity index (χ1n) is 12.7. The van der Waals surface area contributed by atoms with Crippen molar-refractivity contribution >= 4 is 11.8 Å². The van der Waals surface area contributed by atoms with Gasteiger partial charge in [0.05, 0.1) is 6.61 Å². The highest BCUT2D eigenvalue weighted by Gasteiger charge is 2.32. The number of hydrogen-bond acceptors (Lipinski definition) is 3. The molecule has 0 aromatic heterocycles. The Morgan fingerprint density at radius 2 is 1.57 bits per heavy atom. The van der Waals surface area contributed by atoms with Crippen molar-refractivity contribution in [3.8, 4) is 5.75 Å². The second-order valence-corrected chi connectivity index (χ2v) is 10.4. The quantitative estimate of drug-likeness (QED) is 0.334. The van der Waals surface area contributed by atoms with Crippen molar-refractivity contribution in [3.05, 3.63) is 101 Å². The van der Waals surface area contributed by atoms with E-state index in [1.165, 1.54) is 12.1 Å². The maximum atomic E-state index is 13.6. The zero-order valence-corrected chi connectivity index (χ0v) is 22.2. The molecule has 196 valence electrons. The molecule has 0 heterocycles. The second-order valence-electron chi connectivity index (χ2n) is 10.4. The van der Waals surface area contributed by atoms with Gasteiger partial charge in [-0.05, 0) is 69.5 Å². The topological polar surface area (TPSA) is 58.6 Å². The molecule has 3 aromatic rings.